The van der Waals surface area contributed by atoms with Gasteiger partial charge in [-0.1, -0.05) is 60.3 Å². The van der Waals surface area contributed by atoms with Crippen LogP contribution in [0.15, 0.2) is 59.8 Å². The predicted octanol–water partition coefficient (Wildman–Crippen LogP) is 2.83. The van der Waals surface area contributed by atoms with Gasteiger partial charge >= 0.3 is 5.97 Å². The second kappa shape index (κ2) is 7.50. The van der Waals surface area contributed by atoms with E-state index in [1.165, 1.54) is 0 Å². The van der Waals surface area contributed by atoms with Gasteiger partial charge in [-0.05, 0) is 24.1 Å². The number of para-hydroxylation sites is 1. The third kappa shape index (κ3) is 3.72. The molecule has 2 N–H and O–H groups in total. The number of hydrogen-bond acceptors (Lipinski definition) is 5. The lowest BCUT2D eigenvalue weighted by molar-refractivity contribution is -0.133. The molecule has 25 heavy (non-hydrogen) atoms. The smallest absolute Gasteiger partial charge is 0.313 e. The number of thioether (sulfide) groups is 1. The van der Waals surface area contributed by atoms with E-state index in [1.807, 2.05) is 61.5 Å². The fraction of sp³-hybridized carbons (Fsp3) is 0.167. The number of aliphatic hydroxyl groups excluding tert-OH is 1. The van der Waals surface area contributed by atoms with Crippen LogP contribution in [0.25, 0.3) is 5.69 Å². The summed E-state index contributed by atoms with van der Waals surface area (Å²) in [5, 5.41) is 28.4. The molecule has 1 atom stereocenters. The molecule has 2 aromatic carbocycles. The minimum Gasteiger partial charge on any atom is -0.481 e. The second-order valence-corrected chi connectivity index (χ2v) is 6.40. The van der Waals surface area contributed by atoms with Gasteiger partial charge in [-0.3, -0.25) is 9.36 Å². The van der Waals surface area contributed by atoms with Crippen LogP contribution in [0.2, 0.25) is 0 Å². The number of hydrogen-bond donors (Lipinski definition) is 2. The van der Waals surface area contributed by atoms with Gasteiger partial charge in [0.05, 0.1) is 11.4 Å². The van der Waals surface area contributed by atoms with Crippen LogP contribution in [0, 0.1) is 6.92 Å². The minimum absolute atomic E-state index is 0.133. The monoisotopic (exact) mass is 355 g/mol. The molecule has 0 unspecified atom stereocenters. The summed E-state index contributed by atoms with van der Waals surface area (Å²) in [4.78, 5) is 10.9. The molecule has 7 heteroatoms. The van der Waals surface area contributed by atoms with Crippen molar-refractivity contribution in [2.24, 2.45) is 0 Å². The van der Waals surface area contributed by atoms with Gasteiger partial charge < -0.3 is 10.2 Å². The molecule has 128 valence electrons. The van der Waals surface area contributed by atoms with Gasteiger partial charge in [0.15, 0.2) is 11.0 Å². The highest BCUT2D eigenvalue weighted by Crippen LogP contribution is 2.29. The topological polar surface area (TPSA) is 88.2 Å². The minimum atomic E-state index is -0.965. The molecule has 0 saturated heterocycles. The van der Waals surface area contributed by atoms with Crippen LogP contribution in [-0.2, 0) is 4.79 Å². The zero-order valence-electron chi connectivity index (χ0n) is 13.5. The Labute approximate surface area is 149 Å². The van der Waals surface area contributed by atoms with E-state index in [-0.39, 0.29) is 5.75 Å². The fourth-order valence-electron chi connectivity index (χ4n) is 2.50. The third-order valence-electron chi connectivity index (χ3n) is 3.70. The molecule has 3 aromatic rings. The van der Waals surface area contributed by atoms with Crippen LogP contribution in [-0.4, -0.2) is 36.7 Å². The SMILES string of the molecule is Cc1ccccc1-n1c(SCC(=O)O)nnc1[C@@H](O)c1ccccc1. The van der Waals surface area contributed by atoms with Gasteiger partial charge in [-0.25, -0.2) is 0 Å². The second-order valence-electron chi connectivity index (χ2n) is 5.46. The number of nitrogens with zero attached hydrogens (tertiary/aromatic N) is 3. The summed E-state index contributed by atoms with van der Waals surface area (Å²) < 4.78 is 1.72. The predicted molar refractivity (Wildman–Crippen MR) is 95.0 cm³/mol. The van der Waals surface area contributed by atoms with Crippen molar-refractivity contribution < 1.29 is 15.0 Å². The van der Waals surface area contributed by atoms with E-state index in [1.54, 1.807) is 4.57 Å². The number of rotatable bonds is 6. The lowest BCUT2D eigenvalue weighted by atomic mass is 10.1. The quantitative estimate of drug-likeness (QED) is 0.661. The molecule has 0 aliphatic carbocycles. The van der Waals surface area contributed by atoms with Crippen molar-refractivity contribution in [3.05, 3.63) is 71.5 Å². The molecule has 0 aliphatic rings. The van der Waals surface area contributed by atoms with Crippen molar-refractivity contribution in [1.29, 1.82) is 0 Å². The summed E-state index contributed by atoms with van der Waals surface area (Å²) in [5.74, 6) is -0.714. The van der Waals surface area contributed by atoms with E-state index < -0.39 is 12.1 Å². The molecule has 3 rings (SSSR count). The standard InChI is InChI=1S/C18H17N3O3S/c1-12-7-5-6-10-14(12)21-17(16(24)13-8-3-2-4-9-13)19-20-18(21)25-11-15(22)23/h2-10,16,24H,11H2,1H3,(H,22,23)/t16-/m0/s1. The zero-order valence-corrected chi connectivity index (χ0v) is 14.3. The molecule has 0 aliphatic heterocycles. The summed E-state index contributed by atoms with van der Waals surface area (Å²) in [7, 11) is 0. The Morgan fingerprint density at radius 3 is 2.48 bits per heavy atom. The Morgan fingerprint density at radius 1 is 1.12 bits per heavy atom. The van der Waals surface area contributed by atoms with Crippen LogP contribution in [0.5, 0.6) is 0 Å². The Balaban J connectivity index is 2.09. The summed E-state index contributed by atoms with van der Waals surface area (Å²) in [6.45, 7) is 1.94. The summed E-state index contributed by atoms with van der Waals surface area (Å²) >= 11 is 1.07. The average Bonchev–Trinajstić information content (AvgIpc) is 3.04. The van der Waals surface area contributed by atoms with Crippen LogP contribution in [0.3, 0.4) is 0 Å². The first-order valence-corrected chi connectivity index (χ1v) is 8.65. The molecule has 0 amide bonds. The number of carbonyl (C=O) groups is 1. The molecular weight excluding hydrogens is 338 g/mol. The number of aliphatic carboxylic acids is 1. The number of carboxylic acids is 1. The number of aryl methyl sites for hydroxylation is 1. The Kier molecular flexibility index (Phi) is 5.16. The Bertz CT molecular complexity index is 880. The highest BCUT2D eigenvalue weighted by atomic mass is 32.2. The Morgan fingerprint density at radius 2 is 1.80 bits per heavy atom. The molecule has 6 nitrogen and oxygen atoms in total. The van der Waals surface area contributed by atoms with Gasteiger partial charge in [-0.2, -0.15) is 0 Å². The van der Waals surface area contributed by atoms with Crippen LogP contribution in [0.4, 0.5) is 0 Å². The van der Waals surface area contributed by atoms with Crippen LogP contribution >= 0.6 is 11.8 Å². The first-order valence-electron chi connectivity index (χ1n) is 7.67. The molecule has 0 fully saturated rings. The average molecular weight is 355 g/mol. The molecule has 0 spiro atoms. The summed E-state index contributed by atoms with van der Waals surface area (Å²) in [6.07, 6.45) is -0.965. The van der Waals surface area contributed by atoms with E-state index in [9.17, 15) is 9.90 Å². The van der Waals surface area contributed by atoms with E-state index in [0.717, 1.165) is 23.0 Å². The number of aliphatic hydroxyl groups is 1. The van der Waals surface area contributed by atoms with Gasteiger partial charge in [0.2, 0.25) is 0 Å². The van der Waals surface area contributed by atoms with Crippen molar-refractivity contribution in [1.82, 2.24) is 14.8 Å². The Hall–Kier alpha value is -2.64. The van der Waals surface area contributed by atoms with Gasteiger partial charge in [0.1, 0.15) is 6.10 Å². The first-order chi connectivity index (χ1) is 12.1. The number of benzene rings is 2. The first kappa shape index (κ1) is 17.2. The molecule has 0 saturated carbocycles. The van der Waals surface area contributed by atoms with Crippen molar-refractivity contribution in [3.63, 3.8) is 0 Å². The number of carboxylic acid groups (broad SMARTS) is 1. The zero-order chi connectivity index (χ0) is 17.8. The fourth-order valence-corrected chi connectivity index (χ4v) is 3.18. The van der Waals surface area contributed by atoms with Crippen molar-refractivity contribution in [2.45, 2.75) is 18.2 Å². The third-order valence-corrected chi connectivity index (χ3v) is 4.61. The highest BCUT2D eigenvalue weighted by Gasteiger charge is 2.23. The normalized spacial score (nSPS) is 12.1. The van der Waals surface area contributed by atoms with Crippen molar-refractivity contribution >= 4 is 17.7 Å². The molecular formula is C18H17N3O3S. The maximum absolute atomic E-state index is 10.9. The van der Waals surface area contributed by atoms with E-state index in [0.29, 0.717) is 16.5 Å². The van der Waals surface area contributed by atoms with Crippen molar-refractivity contribution in [2.75, 3.05) is 5.75 Å². The van der Waals surface area contributed by atoms with E-state index >= 15 is 0 Å². The lowest BCUT2D eigenvalue weighted by Crippen LogP contribution is -2.11. The van der Waals surface area contributed by atoms with Gasteiger partial charge in [0.25, 0.3) is 0 Å². The highest BCUT2D eigenvalue weighted by molar-refractivity contribution is 7.99. The molecule has 1 heterocycles. The van der Waals surface area contributed by atoms with Gasteiger partial charge in [-0.15, -0.1) is 10.2 Å². The molecule has 0 radical (unpaired) electrons. The molecule has 0 bridgehead atoms. The number of aromatic nitrogens is 3. The maximum Gasteiger partial charge on any atom is 0.313 e. The lowest BCUT2D eigenvalue weighted by Gasteiger charge is -2.16. The molecule has 1 aromatic heterocycles. The van der Waals surface area contributed by atoms with E-state index in [4.69, 9.17) is 5.11 Å². The largest absolute Gasteiger partial charge is 0.481 e. The van der Waals surface area contributed by atoms with Gasteiger partial charge in [0, 0.05) is 0 Å². The van der Waals surface area contributed by atoms with Crippen LogP contribution in [0.1, 0.15) is 23.1 Å². The van der Waals surface area contributed by atoms with Crippen LogP contribution < -0.4 is 0 Å². The maximum atomic E-state index is 10.9. The summed E-state index contributed by atoms with van der Waals surface area (Å²) in [5.41, 5.74) is 2.48. The summed E-state index contributed by atoms with van der Waals surface area (Å²) in [6, 6.07) is 16.8. The van der Waals surface area contributed by atoms with E-state index in [2.05, 4.69) is 10.2 Å². The van der Waals surface area contributed by atoms with Crippen molar-refractivity contribution in [3.8, 4) is 5.69 Å².